The predicted molar refractivity (Wildman–Crippen MR) is 102 cm³/mol. The molecule has 2 rings (SSSR count). The lowest BCUT2D eigenvalue weighted by molar-refractivity contribution is 0.311. The maximum absolute atomic E-state index is 9.60. The number of nitrogens with zero attached hydrogens (tertiary/aromatic N) is 4. The standard InChI is InChI=1S/C20H27N5/c1-6-16-17(12-21)20(24-23-18(16)7-2)22-13-19(25(4)5)15-10-8-14(3)9-11-15/h8-11,19H,6-7,13H2,1-5H3,(H,22,24). The topological polar surface area (TPSA) is 64.8 Å². The highest BCUT2D eigenvalue weighted by molar-refractivity contribution is 5.56. The molecule has 1 heterocycles. The summed E-state index contributed by atoms with van der Waals surface area (Å²) in [5, 5.41) is 21.5. The van der Waals surface area contributed by atoms with Gasteiger partial charge in [-0.05, 0) is 45.0 Å². The average molecular weight is 337 g/mol. The monoisotopic (exact) mass is 337 g/mol. The van der Waals surface area contributed by atoms with Gasteiger partial charge in [0, 0.05) is 6.54 Å². The summed E-state index contributed by atoms with van der Waals surface area (Å²) in [6.07, 6.45) is 1.57. The van der Waals surface area contributed by atoms with E-state index in [0.717, 1.165) is 24.1 Å². The second-order valence-electron chi connectivity index (χ2n) is 6.44. The van der Waals surface area contributed by atoms with Crippen molar-refractivity contribution in [1.29, 1.82) is 5.26 Å². The Labute approximate surface area is 150 Å². The Morgan fingerprint density at radius 3 is 2.32 bits per heavy atom. The van der Waals surface area contributed by atoms with E-state index in [-0.39, 0.29) is 6.04 Å². The molecule has 0 aliphatic carbocycles. The Bertz CT molecular complexity index is 744. The zero-order valence-electron chi connectivity index (χ0n) is 15.8. The largest absolute Gasteiger partial charge is 0.366 e. The van der Waals surface area contributed by atoms with Crippen molar-refractivity contribution in [3.05, 3.63) is 52.2 Å². The summed E-state index contributed by atoms with van der Waals surface area (Å²) < 4.78 is 0. The molecule has 25 heavy (non-hydrogen) atoms. The van der Waals surface area contributed by atoms with Crippen LogP contribution in [0.4, 0.5) is 5.82 Å². The first-order valence-corrected chi connectivity index (χ1v) is 8.77. The summed E-state index contributed by atoms with van der Waals surface area (Å²) >= 11 is 0. The van der Waals surface area contributed by atoms with Crippen LogP contribution in [0.25, 0.3) is 0 Å². The van der Waals surface area contributed by atoms with Gasteiger partial charge in [-0.3, -0.25) is 0 Å². The highest BCUT2D eigenvalue weighted by Gasteiger charge is 2.18. The fourth-order valence-corrected chi connectivity index (χ4v) is 3.00. The smallest absolute Gasteiger partial charge is 0.167 e. The molecule has 0 saturated carbocycles. The van der Waals surface area contributed by atoms with Crippen LogP contribution < -0.4 is 5.32 Å². The summed E-state index contributed by atoms with van der Waals surface area (Å²) in [6, 6.07) is 11.0. The van der Waals surface area contributed by atoms with E-state index in [1.807, 2.05) is 6.92 Å². The van der Waals surface area contributed by atoms with Crippen molar-refractivity contribution >= 4 is 5.82 Å². The zero-order valence-corrected chi connectivity index (χ0v) is 15.8. The molecule has 1 aromatic carbocycles. The lowest BCUT2D eigenvalue weighted by Crippen LogP contribution is -2.27. The molecule has 0 bridgehead atoms. The van der Waals surface area contributed by atoms with Gasteiger partial charge in [0.1, 0.15) is 11.6 Å². The highest BCUT2D eigenvalue weighted by Crippen LogP contribution is 2.23. The van der Waals surface area contributed by atoms with Gasteiger partial charge in [-0.15, -0.1) is 5.10 Å². The fraction of sp³-hybridized carbons (Fsp3) is 0.450. The first kappa shape index (κ1) is 18.9. The quantitative estimate of drug-likeness (QED) is 0.838. The van der Waals surface area contributed by atoms with Gasteiger partial charge >= 0.3 is 0 Å². The summed E-state index contributed by atoms with van der Waals surface area (Å²) in [5.74, 6) is 0.579. The number of aryl methyl sites for hydroxylation is 2. The minimum atomic E-state index is 0.185. The molecule has 1 unspecified atom stereocenters. The van der Waals surface area contributed by atoms with Gasteiger partial charge in [-0.1, -0.05) is 43.7 Å². The first-order chi connectivity index (χ1) is 12.0. The van der Waals surface area contributed by atoms with Crippen LogP contribution in [0.1, 0.15) is 47.8 Å². The SMILES string of the molecule is CCc1nnc(NCC(c2ccc(C)cc2)N(C)C)c(C#N)c1CC. The molecule has 5 heteroatoms. The number of nitriles is 1. The molecule has 2 aromatic rings. The van der Waals surface area contributed by atoms with Crippen molar-refractivity contribution in [2.45, 2.75) is 39.7 Å². The summed E-state index contributed by atoms with van der Waals surface area (Å²) in [6.45, 7) is 6.84. The maximum atomic E-state index is 9.60. The lowest BCUT2D eigenvalue weighted by Gasteiger charge is -2.25. The number of hydrogen-bond acceptors (Lipinski definition) is 5. The Morgan fingerprint density at radius 2 is 1.80 bits per heavy atom. The fourth-order valence-electron chi connectivity index (χ4n) is 3.00. The van der Waals surface area contributed by atoms with Crippen LogP contribution in [0.15, 0.2) is 24.3 Å². The summed E-state index contributed by atoms with van der Waals surface area (Å²) in [5.41, 5.74) is 5.01. The number of hydrogen-bond donors (Lipinski definition) is 1. The van der Waals surface area contributed by atoms with E-state index in [1.165, 1.54) is 11.1 Å². The van der Waals surface area contributed by atoms with Gasteiger partial charge in [0.15, 0.2) is 5.82 Å². The molecule has 5 nitrogen and oxygen atoms in total. The van der Waals surface area contributed by atoms with Crippen LogP contribution in [0.5, 0.6) is 0 Å². The molecule has 0 saturated heterocycles. The molecule has 0 radical (unpaired) electrons. The van der Waals surface area contributed by atoms with Gasteiger partial charge in [-0.2, -0.15) is 10.4 Å². The van der Waals surface area contributed by atoms with Crippen molar-refractivity contribution < 1.29 is 0 Å². The third kappa shape index (κ3) is 4.34. The summed E-state index contributed by atoms with van der Waals surface area (Å²) in [4.78, 5) is 2.16. The Morgan fingerprint density at radius 1 is 1.12 bits per heavy atom. The molecule has 0 amide bonds. The molecule has 0 fully saturated rings. The molecule has 0 spiro atoms. The third-order valence-corrected chi connectivity index (χ3v) is 4.51. The van der Waals surface area contributed by atoms with Gasteiger partial charge < -0.3 is 10.2 Å². The molecular formula is C20H27N5. The van der Waals surface area contributed by atoms with Gasteiger partial charge in [-0.25, -0.2) is 0 Å². The second-order valence-corrected chi connectivity index (χ2v) is 6.44. The second kappa shape index (κ2) is 8.59. The Kier molecular flexibility index (Phi) is 6.49. The molecule has 1 atom stereocenters. The average Bonchev–Trinajstić information content (AvgIpc) is 2.62. The minimum absolute atomic E-state index is 0.185. The summed E-state index contributed by atoms with van der Waals surface area (Å²) in [7, 11) is 4.11. The molecule has 1 aromatic heterocycles. The van der Waals surface area contributed by atoms with E-state index < -0.39 is 0 Å². The maximum Gasteiger partial charge on any atom is 0.167 e. The van der Waals surface area contributed by atoms with Crippen LogP contribution >= 0.6 is 0 Å². The van der Waals surface area contributed by atoms with E-state index in [1.54, 1.807) is 0 Å². The van der Waals surface area contributed by atoms with Crippen molar-refractivity contribution in [2.24, 2.45) is 0 Å². The van der Waals surface area contributed by atoms with Crippen molar-refractivity contribution in [3.8, 4) is 6.07 Å². The number of benzene rings is 1. The zero-order chi connectivity index (χ0) is 18.4. The number of nitrogens with one attached hydrogen (secondary N) is 1. The number of anilines is 1. The molecule has 1 N–H and O–H groups in total. The van der Waals surface area contributed by atoms with E-state index >= 15 is 0 Å². The van der Waals surface area contributed by atoms with E-state index in [4.69, 9.17) is 0 Å². The van der Waals surface area contributed by atoms with Gasteiger partial charge in [0.2, 0.25) is 0 Å². The van der Waals surface area contributed by atoms with Crippen LogP contribution in [0.2, 0.25) is 0 Å². The van der Waals surface area contributed by atoms with Crippen LogP contribution in [-0.4, -0.2) is 35.7 Å². The van der Waals surface area contributed by atoms with E-state index in [0.29, 0.717) is 17.9 Å². The molecule has 0 aliphatic heterocycles. The number of rotatable bonds is 7. The van der Waals surface area contributed by atoms with Gasteiger partial charge in [0.05, 0.1) is 11.7 Å². The van der Waals surface area contributed by atoms with Crippen molar-refractivity contribution in [2.75, 3.05) is 26.0 Å². The third-order valence-electron chi connectivity index (χ3n) is 4.51. The van der Waals surface area contributed by atoms with Crippen molar-refractivity contribution in [1.82, 2.24) is 15.1 Å². The Balaban J connectivity index is 2.26. The highest BCUT2D eigenvalue weighted by atomic mass is 15.2. The minimum Gasteiger partial charge on any atom is -0.366 e. The van der Waals surface area contributed by atoms with E-state index in [9.17, 15) is 5.26 Å². The molecule has 132 valence electrons. The van der Waals surface area contributed by atoms with Crippen LogP contribution in [0, 0.1) is 18.3 Å². The van der Waals surface area contributed by atoms with Crippen molar-refractivity contribution in [3.63, 3.8) is 0 Å². The Hall–Kier alpha value is -2.45. The van der Waals surface area contributed by atoms with Crippen LogP contribution in [-0.2, 0) is 12.8 Å². The predicted octanol–water partition coefficient (Wildman–Crippen LogP) is 3.50. The molecular weight excluding hydrogens is 310 g/mol. The van der Waals surface area contributed by atoms with Gasteiger partial charge in [0.25, 0.3) is 0 Å². The first-order valence-electron chi connectivity index (χ1n) is 8.77. The molecule has 0 aliphatic rings. The lowest BCUT2D eigenvalue weighted by atomic mass is 10.0. The normalized spacial score (nSPS) is 12.0. The number of aromatic nitrogens is 2. The number of likely N-dealkylation sites (N-methyl/N-ethyl adjacent to an activating group) is 1. The van der Waals surface area contributed by atoms with E-state index in [2.05, 4.69) is 78.7 Å². The van der Waals surface area contributed by atoms with Crippen LogP contribution in [0.3, 0.4) is 0 Å².